The van der Waals surface area contributed by atoms with Crippen LogP contribution in [0.15, 0.2) is 94.5 Å². The quantitative estimate of drug-likeness (QED) is 0.0436. The average Bonchev–Trinajstić information content (AvgIpc) is 3.27. The Morgan fingerprint density at radius 2 is 0.936 bits per heavy atom. The van der Waals surface area contributed by atoms with Gasteiger partial charge in [0.05, 0.1) is 12.0 Å². The van der Waals surface area contributed by atoms with Gasteiger partial charge >= 0.3 is 5.97 Å². The largest absolute Gasteiger partial charge is 0.488 e. The minimum Gasteiger partial charge on any atom is -0.488 e. The van der Waals surface area contributed by atoms with Crippen molar-refractivity contribution in [1.82, 2.24) is 0 Å². The summed E-state index contributed by atoms with van der Waals surface area (Å²) in [4.78, 5) is 40.7. The lowest BCUT2D eigenvalue weighted by molar-refractivity contribution is -0.187. The number of thiol groups is 1. The predicted molar refractivity (Wildman–Crippen MR) is 336 cm³/mol. The molecular weight excluding hydrogens is 1020 g/mol. The number of hydrogen-bond acceptors (Lipinski definition) is 10. The zero-order valence-corrected chi connectivity index (χ0v) is 53.6. The normalized spacial score (nSPS) is 14.4. The Morgan fingerprint density at radius 1 is 0.526 bits per heavy atom. The van der Waals surface area contributed by atoms with Gasteiger partial charge in [-0.1, -0.05) is 153 Å². The van der Waals surface area contributed by atoms with Crippen LogP contribution >= 0.6 is 35.3 Å². The lowest BCUT2D eigenvalue weighted by atomic mass is 9.64. The van der Waals surface area contributed by atoms with Crippen molar-refractivity contribution >= 4 is 61.4 Å². The molecule has 2 aromatic heterocycles. The van der Waals surface area contributed by atoms with Gasteiger partial charge in [0.2, 0.25) is 9.48 Å². The molecule has 10 heteroatoms. The monoisotopic (exact) mass is 1120 g/mol. The first kappa shape index (κ1) is 62.7. The van der Waals surface area contributed by atoms with E-state index in [1.807, 2.05) is 57.2 Å². The third kappa shape index (κ3) is 16.1. The van der Waals surface area contributed by atoms with Gasteiger partial charge in [0, 0.05) is 26.9 Å². The van der Waals surface area contributed by atoms with Gasteiger partial charge < -0.3 is 18.9 Å². The smallest absolute Gasteiger partial charge is 0.310 e. The van der Waals surface area contributed by atoms with Crippen molar-refractivity contribution in [3.05, 3.63) is 126 Å². The molecule has 424 valence electrons. The van der Waals surface area contributed by atoms with Gasteiger partial charge in [-0.3, -0.25) is 14.4 Å². The molecular formula is C68H92O7S3. The SMILES string of the molecule is CCc1cc(C)ccc1-c1cc2ccc(OC(C)(C)CC(C)(C)C(OC(C)(S)CC(C)(C)OC(=O)C(CC(C)(C)C)C(C)(C)C)C(C)(C)CC(C)(C)Oc3ccc4cc(-c5ccc(C)cc5CC)c(=O)sc4c3)cc2sc1=O. The maximum atomic E-state index is 14.2. The van der Waals surface area contributed by atoms with Gasteiger partial charge in [-0.25, -0.2) is 0 Å². The first-order valence-electron chi connectivity index (χ1n) is 28.1. The van der Waals surface area contributed by atoms with E-state index in [0.29, 0.717) is 37.2 Å². The van der Waals surface area contributed by atoms with Crippen molar-refractivity contribution in [2.45, 2.75) is 212 Å². The number of ether oxygens (including phenoxy) is 4. The summed E-state index contributed by atoms with van der Waals surface area (Å²) >= 11 is 7.83. The maximum Gasteiger partial charge on any atom is 0.310 e. The summed E-state index contributed by atoms with van der Waals surface area (Å²) in [5.41, 5.74) is 4.33. The molecule has 7 nitrogen and oxygen atoms in total. The van der Waals surface area contributed by atoms with Crippen LogP contribution < -0.4 is 19.0 Å². The predicted octanol–water partition coefficient (Wildman–Crippen LogP) is 18.6. The molecule has 78 heavy (non-hydrogen) atoms. The van der Waals surface area contributed by atoms with Gasteiger partial charge in [0.15, 0.2) is 0 Å². The molecule has 0 aliphatic heterocycles. The summed E-state index contributed by atoms with van der Waals surface area (Å²) in [6.45, 7) is 44.5. The van der Waals surface area contributed by atoms with Gasteiger partial charge in [0.1, 0.15) is 33.2 Å². The molecule has 2 heterocycles. The van der Waals surface area contributed by atoms with E-state index < -0.39 is 38.7 Å². The van der Waals surface area contributed by atoms with Crippen molar-refractivity contribution < 1.29 is 23.7 Å². The first-order valence-corrected chi connectivity index (χ1v) is 30.2. The van der Waals surface area contributed by atoms with E-state index in [1.165, 1.54) is 44.9 Å². The number of aryl methyl sites for hydroxylation is 4. The van der Waals surface area contributed by atoms with Crippen LogP contribution in [0.5, 0.6) is 11.5 Å². The lowest BCUT2D eigenvalue weighted by Crippen LogP contribution is -2.53. The highest BCUT2D eigenvalue weighted by molar-refractivity contribution is 7.81. The van der Waals surface area contributed by atoms with Crippen LogP contribution in [0.2, 0.25) is 0 Å². The summed E-state index contributed by atoms with van der Waals surface area (Å²) in [6, 6.07) is 28.7. The Bertz CT molecular complexity index is 3070. The fourth-order valence-corrected chi connectivity index (χ4v) is 14.8. The summed E-state index contributed by atoms with van der Waals surface area (Å²) < 4.78 is 29.6. The highest BCUT2D eigenvalue weighted by atomic mass is 32.1. The zero-order chi connectivity index (χ0) is 58.4. The van der Waals surface area contributed by atoms with Crippen molar-refractivity contribution in [3.8, 4) is 33.8 Å². The number of carbonyl (C=O) groups is 1. The standard InChI is InChI=1S/C68H92O7S3/c1-22-44-32-42(3)24-30-50(44)52-34-46-26-28-48(36-55(46)77-58(52)70)72-65(15,16)39-63(11,12)60(75-68(21,76)41-67(19,20)74-57(69)54(62(8,9)10)38-61(5,6)7)64(13,14)40-66(17,18)73-49-29-27-47-35-53(59(71)78-56(47)37-49)51-31-25-43(4)33-45(51)23-2/h24-37,54,60,76H,22-23,38-41H2,1-21H3. The van der Waals surface area contributed by atoms with Crippen molar-refractivity contribution in [3.63, 3.8) is 0 Å². The van der Waals surface area contributed by atoms with E-state index >= 15 is 0 Å². The van der Waals surface area contributed by atoms with Crippen molar-refractivity contribution in [2.75, 3.05) is 0 Å². The van der Waals surface area contributed by atoms with Crippen molar-refractivity contribution in [2.24, 2.45) is 27.6 Å². The Labute approximate surface area is 481 Å². The van der Waals surface area contributed by atoms with Crippen LogP contribution in [0, 0.1) is 41.4 Å². The molecule has 2 unspecified atom stereocenters. The van der Waals surface area contributed by atoms with Crippen LogP contribution in [0.4, 0.5) is 0 Å². The Balaban J connectivity index is 1.30. The Morgan fingerprint density at radius 3 is 1.31 bits per heavy atom. The molecule has 0 saturated heterocycles. The van der Waals surface area contributed by atoms with Crippen molar-refractivity contribution in [1.29, 1.82) is 0 Å². The molecule has 6 rings (SSSR count). The van der Waals surface area contributed by atoms with E-state index in [9.17, 15) is 14.4 Å². The van der Waals surface area contributed by atoms with Crippen LogP contribution in [0.1, 0.15) is 179 Å². The number of esters is 1. The topological polar surface area (TPSA) is 88.1 Å². The Kier molecular flexibility index (Phi) is 18.6. The maximum absolute atomic E-state index is 14.2. The summed E-state index contributed by atoms with van der Waals surface area (Å²) in [5, 5.41) is 1.98. The highest BCUT2D eigenvalue weighted by Crippen LogP contribution is 2.50. The summed E-state index contributed by atoms with van der Waals surface area (Å²) in [5.74, 6) is 0.856. The molecule has 0 amide bonds. The molecule has 6 aromatic rings. The molecule has 0 saturated carbocycles. The van der Waals surface area contributed by atoms with E-state index in [2.05, 4.69) is 173 Å². The highest BCUT2D eigenvalue weighted by Gasteiger charge is 2.51. The zero-order valence-electron chi connectivity index (χ0n) is 51.1. The molecule has 2 atom stereocenters. The molecule has 4 aromatic carbocycles. The fraction of sp³-hybridized carbons (Fsp3) is 0.544. The molecule has 0 bridgehead atoms. The minimum atomic E-state index is -1.06. The lowest BCUT2D eigenvalue weighted by Gasteiger charge is -2.51. The number of hydrogen-bond donors (Lipinski definition) is 1. The molecule has 0 spiro atoms. The Hall–Kier alpha value is -4.48. The van der Waals surface area contributed by atoms with Gasteiger partial charge in [-0.2, -0.15) is 0 Å². The van der Waals surface area contributed by atoms with Crippen LogP contribution in [0.3, 0.4) is 0 Å². The molecule has 0 N–H and O–H groups in total. The fourth-order valence-electron chi connectivity index (χ4n) is 12.5. The third-order valence-corrected chi connectivity index (χ3v) is 17.1. The average molecular weight is 1120 g/mol. The van der Waals surface area contributed by atoms with Gasteiger partial charge in [0.25, 0.3) is 0 Å². The van der Waals surface area contributed by atoms with Crippen LogP contribution in [0.25, 0.3) is 42.4 Å². The molecule has 0 fully saturated rings. The van der Waals surface area contributed by atoms with E-state index in [0.717, 1.165) is 55.3 Å². The second kappa shape index (κ2) is 23.2. The van der Waals surface area contributed by atoms with E-state index in [1.54, 1.807) is 0 Å². The number of carbonyl (C=O) groups excluding carboxylic acids is 1. The number of fused-ring (bicyclic) bond motifs is 2. The van der Waals surface area contributed by atoms with Crippen LogP contribution in [-0.2, 0) is 27.1 Å². The first-order chi connectivity index (χ1) is 35.7. The number of benzene rings is 4. The second-order valence-corrected chi connectivity index (χ2v) is 31.1. The molecule has 0 aliphatic rings. The molecule has 0 radical (unpaired) electrons. The second-order valence-electron chi connectivity index (χ2n) is 28.1. The van der Waals surface area contributed by atoms with E-state index in [-0.39, 0.29) is 32.2 Å². The summed E-state index contributed by atoms with van der Waals surface area (Å²) in [6.07, 6.45) is 3.41. The minimum absolute atomic E-state index is 0.0232. The number of rotatable bonds is 21. The van der Waals surface area contributed by atoms with Gasteiger partial charge in [-0.05, 0) is 198 Å². The van der Waals surface area contributed by atoms with Crippen LogP contribution in [-0.4, -0.2) is 33.8 Å². The third-order valence-electron chi connectivity index (χ3n) is 14.9. The van der Waals surface area contributed by atoms with Gasteiger partial charge in [-0.15, -0.1) is 12.6 Å². The van der Waals surface area contributed by atoms with E-state index in [4.69, 9.17) is 31.6 Å². The molecule has 0 aliphatic carbocycles. The summed E-state index contributed by atoms with van der Waals surface area (Å²) in [7, 11) is 0.